The van der Waals surface area contributed by atoms with Gasteiger partial charge in [-0.05, 0) is 0 Å². The van der Waals surface area contributed by atoms with E-state index in [0.29, 0.717) is 4.57 Å². The zero-order chi connectivity index (χ0) is 11.2. The third-order valence-electron chi connectivity index (χ3n) is 1.75. The Labute approximate surface area is 79.1 Å². The zero-order valence-corrected chi connectivity index (χ0v) is 6.97. The summed E-state index contributed by atoms with van der Waals surface area (Å²) < 4.78 is 13.5. The summed E-state index contributed by atoms with van der Waals surface area (Å²) in [5.74, 6) is 0. The van der Waals surface area contributed by atoms with Crippen molar-refractivity contribution in [3.05, 3.63) is 27.2 Å². The summed E-state index contributed by atoms with van der Waals surface area (Å²) in [6.45, 7) is 0. The molecule has 78 valence electrons. The van der Waals surface area contributed by atoms with Gasteiger partial charge in [-0.2, -0.15) is 0 Å². The average Bonchev–Trinajstić information content (AvgIpc) is 2.58. The van der Waals surface area contributed by atoms with Crippen LogP contribution in [-0.2, 0) is 0 Å². The van der Waals surface area contributed by atoms with E-state index in [1.165, 1.54) is 0 Å². The maximum Gasteiger partial charge on any atom is 0.418 e. The van der Waals surface area contributed by atoms with Crippen LogP contribution < -0.4 is 11.2 Å². The van der Waals surface area contributed by atoms with Gasteiger partial charge in [0.1, 0.15) is 6.33 Å². The molecule has 0 spiro atoms. The molecular formula is C6H3FN4O4. The van der Waals surface area contributed by atoms with Crippen LogP contribution in [0.4, 0.5) is 9.28 Å². The fourth-order valence-electron chi connectivity index (χ4n) is 1.13. The number of aromatic nitrogens is 4. The van der Waals surface area contributed by atoms with E-state index in [4.69, 9.17) is 5.11 Å². The van der Waals surface area contributed by atoms with Crippen LogP contribution in [-0.4, -0.2) is 30.5 Å². The van der Waals surface area contributed by atoms with E-state index in [-0.39, 0.29) is 0 Å². The molecule has 2 N–H and O–H groups in total. The van der Waals surface area contributed by atoms with Crippen LogP contribution >= 0.6 is 0 Å². The maximum atomic E-state index is 13.1. The summed E-state index contributed by atoms with van der Waals surface area (Å²) in [4.78, 5) is 37.0. The Morgan fingerprint density at radius 3 is 2.80 bits per heavy atom. The number of H-pyrrole nitrogens is 1. The van der Waals surface area contributed by atoms with Crippen LogP contribution in [0.15, 0.2) is 15.9 Å². The first-order valence-electron chi connectivity index (χ1n) is 3.64. The maximum absolute atomic E-state index is 13.1. The van der Waals surface area contributed by atoms with E-state index in [1.54, 1.807) is 4.98 Å². The van der Waals surface area contributed by atoms with E-state index in [9.17, 15) is 18.9 Å². The van der Waals surface area contributed by atoms with Gasteiger partial charge in [-0.15, -0.1) is 4.79 Å². The summed E-state index contributed by atoms with van der Waals surface area (Å²) in [5.41, 5.74) is -3.46. The summed E-state index contributed by atoms with van der Waals surface area (Å²) >= 11 is 0. The molecule has 0 atom stereocenters. The molecule has 8 nitrogen and oxygen atoms in total. The third-order valence-corrected chi connectivity index (χ3v) is 1.75. The Balaban J connectivity index is 3.09. The fourth-order valence-corrected chi connectivity index (χ4v) is 1.13. The van der Waals surface area contributed by atoms with E-state index in [0.717, 1.165) is 6.33 Å². The highest BCUT2D eigenvalue weighted by Gasteiger charge is 2.16. The SMILES string of the molecule is O=C(O)n1cnc2c(=O)[nH]c(=O)n(F)c21. The summed E-state index contributed by atoms with van der Waals surface area (Å²) in [5, 5.41) is 8.61. The lowest BCUT2D eigenvalue weighted by atomic mass is 10.5. The summed E-state index contributed by atoms with van der Waals surface area (Å²) in [7, 11) is 0. The number of imidazole rings is 1. The van der Waals surface area contributed by atoms with Gasteiger partial charge in [0, 0.05) is 0 Å². The van der Waals surface area contributed by atoms with Crippen molar-refractivity contribution in [1.29, 1.82) is 0 Å². The molecule has 0 bridgehead atoms. The first-order chi connectivity index (χ1) is 7.02. The van der Waals surface area contributed by atoms with Gasteiger partial charge in [0.2, 0.25) is 0 Å². The normalized spacial score (nSPS) is 10.7. The number of halogens is 1. The van der Waals surface area contributed by atoms with Crippen LogP contribution in [0, 0.1) is 0 Å². The minimum atomic E-state index is -1.55. The lowest BCUT2D eigenvalue weighted by Crippen LogP contribution is -2.28. The molecule has 0 aliphatic heterocycles. The fraction of sp³-hybridized carbons (Fsp3) is 0. The number of carboxylic acid groups (broad SMARTS) is 1. The Kier molecular flexibility index (Phi) is 1.68. The molecule has 0 unspecified atom stereocenters. The Morgan fingerprint density at radius 2 is 2.20 bits per heavy atom. The summed E-state index contributed by atoms with van der Waals surface area (Å²) in [6, 6.07) is 0. The molecule has 0 fully saturated rings. The van der Waals surface area contributed by atoms with Crippen molar-refractivity contribution in [1.82, 2.24) is 19.3 Å². The molecule has 2 aromatic rings. The van der Waals surface area contributed by atoms with Gasteiger partial charge in [-0.25, -0.2) is 19.1 Å². The molecule has 2 heterocycles. The second-order valence-corrected chi connectivity index (χ2v) is 2.61. The molecule has 9 heteroatoms. The molecule has 0 aromatic carbocycles. The minimum absolute atomic E-state index is 0.339. The predicted molar refractivity (Wildman–Crippen MR) is 44.5 cm³/mol. The lowest BCUT2D eigenvalue weighted by molar-refractivity contribution is 0.196. The van der Waals surface area contributed by atoms with Crippen LogP contribution in [0.5, 0.6) is 0 Å². The number of nitrogens with one attached hydrogen (secondary N) is 1. The van der Waals surface area contributed by atoms with E-state index >= 15 is 0 Å². The van der Waals surface area contributed by atoms with Gasteiger partial charge in [0.05, 0.1) is 0 Å². The highest BCUT2D eigenvalue weighted by Crippen LogP contribution is 2.05. The number of aromatic amines is 1. The van der Waals surface area contributed by atoms with Crippen molar-refractivity contribution < 1.29 is 14.4 Å². The topological polar surface area (TPSA) is 110 Å². The van der Waals surface area contributed by atoms with Crippen molar-refractivity contribution >= 4 is 17.3 Å². The van der Waals surface area contributed by atoms with Gasteiger partial charge in [0.25, 0.3) is 5.56 Å². The van der Waals surface area contributed by atoms with Crippen molar-refractivity contribution in [2.24, 2.45) is 0 Å². The number of hydrogen-bond acceptors (Lipinski definition) is 4. The van der Waals surface area contributed by atoms with Gasteiger partial charge >= 0.3 is 11.8 Å². The number of rotatable bonds is 0. The molecule has 0 saturated heterocycles. The minimum Gasteiger partial charge on any atom is -0.464 e. The monoisotopic (exact) mass is 214 g/mol. The van der Waals surface area contributed by atoms with Gasteiger partial charge in [0.15, 0.2) is 11.2 Å². The number of nitrogens with zero attached hydrogens (tertiary/aromatic N) is 3. The first kappa shape index (κ1) is 9.12. The van der Waals surface area contributed by atoms with Crippen molar-refractivity contribution in [2.45, 2.75) is 0 Å². The van der Waals surface area contributed by atoms with Crippen molar-refractivity contribution in [3.63, 3.8) is 0 Å². The van der Waals surface area contributed by atoms with Crippen LogP contribution in [0.3, 0.4) is 0 Å². The standard InChI is InChI=1S/C6H3FN4O4/c7-11-4-2(3(12)9-5(11)13)8-1-10(4)6(14)15/h1H,(H,14,15)(H,9,12,13). The molecule has 2 aromatic heterocycles. The molecule has 0 amide bonds. The molecule has 0 aliphatic rings. The third kappa shape index (κ3) is 1.13. The quantitative estimate of drug-likeness (QED) is 0.593. The molecule has 0 aliphatic carbocycles. The Morgan fingerprint density at radius 1 is 1.53 bits per heavy atom. The lowest BCUT2D eigenvalue weighted by Gasteiger charge is -1.97. The molecule has 15 heavy (non-hydrogen) atoms. The van der Waals surface area contributed by atoms with E-state index in [1.807, 2.05) is 0 Å². The Hall–Kier alpha value is -2.45. The molecular weight excluding hydrogens is 211 g/mol. The smallest absolute Gasteiger partial charge is 0.418 e. The zero-order valence-electron chi connectivity index (χ0n) is 6.97. The van der Waals surface area contributed by atoms with Crippen molar-refractivity contribution in [3.8, 4) is 0 Å². The van der Waals surface area contributed by atoms with Crippen LogP contribution in [0.25, 0.3) is 11.2 Å². The second kappa shape index (κ2) is 2.77. The number of fused-ring (bicyclic) bond motifs is 1. The predicted octanol–water partition coefficient (Wildman–Crippen LogP) is -0.855. The van der Waals surface area contributed by atoms with Gasteiger partial charge in [-0.3, -0.25) is 9.78 Å². The average molecular weight is 214 g/mol. The number of carbonyl (C=O) groups is 1. The molecule has 0 saturated carbocycles. The molecule has 0 radical (unpaired) electrons. The Bertz CT molecular complexity index is 666. The number of hydrogen-bond donors (Lipinski definition) is 2. The largest absolute Gasteiger partial charge is 0.464 e. The highest BCUT2D eigenvalue weighted by molar-refractivity contribution is 5.82. The van der Waals surface area contributed by atoms with Gasteiger partial charge < -0.3 is 5.11 Å². The summed E-state index contributed by atoms with van der Waals surface area (Å²) in [6.07, 6.45) is -0.813. The van der Waals surface area contributed by atoms with E-state index in [2.05, 4.69) is 4.98 Å². The van der Waals surface area contributed by atoms with Crippen LogP contribution in [0.2, 0.25) is 0 Å². The highest BCUT2D eigenvalue weighted by atomic mass is 19.2. The second-order valence-electron chi connectivity index (χ2n) is 2.61. The molecule has 2 rings (SSSR count). The van der Waals surface area contributed by atoms with Crippen LogP contribution in [0.1, 0.15) is 0 Å². The van der Waals surface area contributed by atoms with Crippen molar-refractivity contribution in [2.75, 3.05) is 0 Å². The van der Waals surface area contributed by atoms with Gasteiger partial charge in [-0.1, -0.05) is 4.48 Å². The van der Waals surface area contributed by atoms with E-state index < -0.39 is 33.3 Å². The first-order valence-corrected chi connectivity index (χ1v) is 3.64.